The first kappa shape index (κ1) is 19.7. The first-order chi connectivity index (χ1) is 11.9. The summed E-state index contributed by atoms with van der Waals surface area (Å²) in [5, 5.41) is 6.87. The van der Waals surface area contributed by atoms with E-state index in [2.05, 4.69) is 60.1 Å². The molecule has 1 saturated heterocycles. The maximum Gasteiger partial charge on any atom is 0.191 e. The van der Waals surface area contributed by atoms with E-state index in [4.69, 9.17) is 0 Å². The van der Waals surface area contributed by atoms with E-state index in [1.807, 2.05) is 24.4 Å². The monoisotopic (exact) mass is 345 g/mol. The lowest BCUT2D eigenvalue weighted by atomic mass is 9.88. The summed E-state index contributed by atoms with van der Waals surface area (Å²) >= 11 is 0. The minimum atomic E-state index is 0.101. The molecule has 0 aliphatic carbocycles. The van der Waals surface area contributed by atoms with Gasteiger partial charge in [-0.05, 0) is 51.2 Å². The molecule has 1 aliphatic rings. The highest BCUT2D eigenvalue weighted by molar-refractivity contribution is 5.79. The van der Waals surface area contributed by atoms with Gasteiger partial charge in [0.25, 0.3) is 0 Å². The summed E-state index contributed by atoms with van der Waals surface area (Å²) in [4.78, 5) is 11.6. The van der Waals surface area contributed by atoms with Crippen molar-refractivity contribution in [1.82, 2.24) is 20.5 Å². The Balaban J connectivity index is 1.94. The van der Waals surface area contributed by atoms with Gasteiger partial charge in [-0.25, -0.2) is 4.99 Å². The smallest absolute Gasteiger partial charge is 0.191 e. The van der Waals surface area contributed by atoms with Crippen LogP contribution in [-0.4, -0.2) is 47.6 Å². The number of nitrogens with zero attached hydrogens (tertiary/aromatic N) is 3. The number of aromatic nitrogens is 1. The van der Waals surface area contributed by atoms with Gasteiger partial charge in [0, 0.05) is 37.9 Å². The number of hydrogen-bond donors (Lipinski definition) is 2. The number of rotatable bonds is 6. The van der Waals surface area contributed by atoms with Crippen LogP contribution in [0.2, 0.25) is 0 Å². The summed E-state index contributed by atoms with van der Waals surface area (Å²) in [6, 6.07) is 5.94. The third-order valence-electron chi connectivity index (χ3n) is 4.88. The molecule has 5 nitrogen and oxygen atoms in total. The molecule has 2 N–H and O–H groups in total. The van der Waals surface area contributed by atoms with Crippen LogP contribution < -0.4 is 10.6 Å². The van der Waals surface area contributed by atoms with Gasteiger partial charge >= 0.3 is 0 Å². The van der Waals surface area contributed by atoms with E-state index < -0.39 is 0 Å². The summed E-state index contributed by atoms with van der Waals surface area (Å²) < 4.78 is 0. The fourth-order valence-corrected chi connectivity index (χ4v) is 3.56. The van der Waals surface area contributed by atoms with Crippen molar-refractivity contribution in [2.24, 2.45) is 16.8 Å². The van der Waals surface area contributed by atoms with Gasteiger partial charge in [0.05, 0.1) is 12.2 Å². The summed E-state index contributed by atoms with van der Waals surface area (Å²) in [5.74, 6) is 2.41. The van der Waals surface area contributed by atoms with Crippen LogP contribution in [0.1, 0.15) is 46.7 Å². The maximum atomic E-state index is 4.68. The SMILES string of the molecule is CCNC(=NCc1ccccn1)NCC(C)(C)N1CC(C)CC(C)C1. The Hall–Kier alpha value is -1.62. The standard InChI is InChI=1S/C20H35N5/c1-6-21-19(23-12-18-9-7-8-10-22-18)24-15-20(4,5)25-13-16(2)11-17(3)14-25/h7-10,16-17H,6,11-15H2,1-5H3,(H2,21,23,24). The second kappa shape index (κ2) is 9.18. The molecule has 0 saturated carbocycles. The second-order valence-corrected chi connectivity index (χ2v) is 8.03. The molecule has 1 aromatic heterocycles. The van der Waals surface area contributed by atoms with E-state index in [0.717, 1.165) is 36.6 Å². The first-order valence-corrected chi connectivity index (χ1v) is 9.58. The Bertz CT molecular complexity index is 530. The molecule has 2 unspecified atom stereocenters. The van der Waals surface area contributed by atoms with Gasteiger partial charge in [0.1, 0.15) is 0 Å². The lowest BCUT2D eigenvalue weighted by Crippen LogP contribution is -2.57. The molecular weight excluding hydrogens is 310 g/mol. The van der Waals surface area contributed by atoms with E-state index in [-0.39, 0.29) is 5.54 Å². The fraction of sp³-hybridized carbons (Fsp3) is 0.700. The van der Waals surface area contributed by atoms with Crippen molar-refractivity contribution >= 4 is 5.96 Å². The Labute approximate surface area is 153 Å². The molecule has 0 radical (unpaired) electrons. The zero-order valence-corrected chi connectivity index (χ0v) is 16.5. The van der Waals surface area contributed by atoms with Crippen LogP contribution in [0, 0.1) is 11.8 Å². The highest BCUT2D eigenvalue weighted by Crippen LogP contribution is 2.26. The molecule has 140 valence electrons. The Kier molecular flexibility index (Phi) is 7.24. The van der Waals surface area contributed by atoms with Crippen LogP contribution in [0.15, 0.2) is 29.4 Å². The van der Waals surface area contributed by atoms with Crippen LogP contribution in [0.4, 0.5) is 0 Å². The zero-order chi connectivity index (χ0) is 18.3. The van der Waals surface area contributed by atoms with Crippen molar-refractivity contribution in [2.75, 3.05) is 26.2 Å². The zero-order valence-electron chi connectivity index (χ0n) is 16.5. The molecule has 0 amide bonds. The molecular formula is C20H35N5. The summed E-state index contributed by atoms with van der Waals surface area (Å²) in [5.41, 5.74) is 1.09. The molecule has 1 fully saturated rings. The van der Waals surface area contributed by atoms with Crippen molar-refractivity contribution in [3.8, 4) is 0 Å². The maximum absolute atomic E-state index is 4.68. The van der Waals surface area contributed by atoms with Crippen molar-refractivity contribution in [3.05, 3.63) is 30.1 Å². The Morgan fingerprint density at radius 2 is 1.96 bits per heavy atom. The molecule has 2 atom stereocenters. The number of nitrogens with one attached hydrogen (secondary N) is 2. The van der Waals surface area contributed by atoms with Crippen molar-refractivity contribution < 1.29 is 0 Å². The van der Waals surface area contributed by atoms with E-state index in [0.29, 0.717) is 6.54 Å². The third kappa shape index (κ3) is 6.31. The highest BCUT2D eigenvalue weighted by Gasteiger charge is 2.32. The molecule has 1 aromatic rings. The highest BCUT2D eigenvalue weighted by atomic mass is 15.2. The van der Waals surface area contributed by atoms with Crippen LogP contribution in [0.5, 0.6) is 0 Å². The topological polar surface area (TPSA) is 52.6 Å². The lowest BCUT2D eigenvalue weighted by molar-refractivity contribution is 0.0483. The minimum Gasteiger partial charge on any atom is -0.357 e. The van der Waals surface area contributed by atoms with Crippen molar-refractivity contribution in [2.45, 2.75) is 53.1 Å². The molecule has 2 heterocycles. The summed E-state index contributed by atoms with van der Waals surface area (Å²) in [6.45, 7) is 16.2. The average molecular weight is 346 g/mol. The van der Waals surface area contributed by atoms with E-state index >= 15 is 0 Å². The predicted molar refractivity (Wildman–Crippen MR) is 106 cm³/mol. The molecule has 0 bridgehead atoms. The number of pyridine rings is 1. The van der Waals surface area contributed by atoms with Crippen LogP contribution in [-0.2, 0) is 6.54 Å². The number of likely N-dealkylation sites (tertiary alicyclic amines) is 1. The quantitative estimate of drug-likeness (QED) is 0.615. The van der Waals surface area contributed by atoms with Crippen LogP contribution >= 0.6 is 0 Å². The largest absolute Gasteiger partial charge is 0.357 e. The van der Waals surface area contributed by atoms with E-state index in [1.54, 1.807) is 0 Å². The van der Waals surface area contributed by atoms with Gasteiger partial charge in [0.2, 0.25) is 0 Å². The fourth-order valence-electron chi connectivity index (χ4n) is 3.56. The van der Waals surface area contributed by atoms with Gasteiger partial charge in [-0.2, -0.15) is 0 Å². The van der Waals surface area contributed by atoms with Gasteiger partial charge in [0.15, 0.2) is 5.96 Å². The number of hydrogen-bond acceptors (Lipinski definition) is 3. The van der Waals surface area contributed by atoms with Crippen LogP contribution in [0.3, 0.4) is 0 Å². The number of aliphatic imine (C=N–C) groups is 1. The van der Waals surface area contributed by atoms with E-state index in [1.165, 1.54) is 19.5 Å². The van der Waals surface area contributed by atoms with Gasteiger partial charge in [-0.1, -0.05) is 19.9 Å². The molecule has 5 heteroatoms. The van der Waals surface area contributed by atoms with Crippen LogP contribution in [0.25, 0.3) is 0 Å². The van der Waals surface area contributed by atoms with Gasteiger partial charge in [-0.3, -0.25) is 9.88 Å². The molecule has 0 spiro atoms. The normalized spacial score (nSPS) is 22.7. The predicted octanol–water partition coefficient (Wildman–Crippen LogP) is 2.89. The molecule has 25 heavy (non-hydrogen) atoms. The number of guanidine groups is 1. The van der Waals surface area contributed by atoms with Gasteiger partial charge < -0.3 is 10.6 Å². The Morgan fingerprint density at radius 1 is 1.24 bits per heavy atom. The molecule has 2 rings (SSSR count). The average Bonchev–Trinajstić information content (AvgIpc) is 2.57. The molecule has 0 aromatic carbocycles. The second-order valence-electron chi connectivity index (χ2n) is 8.03. The number of piperidine rings is 1. The van der Waals surface area contributed by atoms with E-state index in [9.17, 15) is 0 Å². The van der Waals surface area contributed by atoms with Gasteiger partial charge in [-0.15, -0.1) is 0 Å². The lowest BCUT2D eigenvalue weighted by Gasteiger charge is -2.45. The minimum absolute atomic E-state index is 0.101. The van der Waals surface area contributed by atoms with Crippen molar-refractivity contribution in [1.29, 1.82) is 0 Å². The Morgan fingerprint density at radius 3 is 2.56 bits per heavy atom. The van der Waals surface area contributed by atoms with Crippen molar-refractivity contribution in [3.63, 3.8) is 0 Å². The summed E-state index contributed by atoms with van der Waals surface area (Å²) in [7, 11) is 0. The molecule has 1 aliphatic heterocycles. The summed E-state index contributed by atoms with van der Waals surface area (Å²) in [6.07, 6.45) is 3.15. The first-order valence-electron chi connectivity index (χ1n) is 9.58. The third-order valence-corrected chi connectivity index (χ3v) is 4.88.